The zero-order chi connectivity index (χ0) is 16.9. The first kappa shape index (κ1) is 16.1. The quantitative estimate of drug-likeness (QED) is 0.895. The molecule has 6 nitrogen and oxygen atoms in total. The molecule has 2 aromatic rings. The minimum Gasteiger partial charge on any atom is -0.354 e. The van der Waals surface area contributed by atoms with Gasteiger partial charge in [0.25, 0.3) is 5.91 Å². The number of nitrogens with zero attached hydrogens (tertiary/aromatic N) is 2. The van der Waals surface area contributed by atoms with Crippen LogP contribution in [0.3, 0.4) is 0 Å². The highest BCUT2D eigenvalue weighted by Crippen LogP contribution is 2.12. The third-order valence-corrected chi connectivity index (χ3v) is 3.88. The van der Waals surface area contributed by atoms with Crippen molar-refractivity contribution in [1.29, 1.82) is 0 Å². The van der Waals surface area contributed by atoms with Crippen molar-refractivity contribution >= 4 is 17.5 Å². The molecule has 0 spiro atoms. The fraction of sp³-hybridized carbons (Fsp3) is 0.278. The Balaban J connectivity index is 1.66. The van der Waals surface area contributed by atoms with E-state index >= 15 is 0 Å². The number of carbonyl (C=O) groups is 2. The average molecular weight is 324 g/mol. The van der Waals surface area contributed by atoms with E-state index in [1.54, 1.807) is 12.3 Å². The maximum atomic E-state index is 12.4. The Kier molecular flexibility index (Phi) is 4.86. The summed E-state index contributed by atoms with van der Waals surface area (Å²) in [5, 5.41) is 5.65. The second-order valence-electron chi connectivity index (χ2n) is 5.90. The van der Waals surface area contributed by atoms with E-state index in [0.717, 1.165) is 17.8 Å². The van der Waals surface area contributed by atoms with Crippen LogP contribution in [-0.4, -0.2) is 41.3 Å². The predicted molar refractivity (Wildman–Crippen MR) is 91.7 cm³/mol. The summed E-state index contributed by atoms with van der Waals surface area (Å²) < 4.78 is 0. The van der Waals surface area contributed by atoms with Crippen molar-refractivity contribution < 1.29 is 9.59 Å². The van der Waals surface area contributed by atoms with Crippen molar-refractivity contribution in [3.63, 3.8) is 0 Å². The first-order valence-corrected chi connectivity index (χ1v) is 7.92. The SMILES string of the molecule is Cc1ccc(NC(=O)c2cccc(CN3CCNC(=O)C3)c2)cn1. The summed E-state index contributed by atoms with van der Waals surface area (Å²) in [6.45, 7) is 4.43. The maximum absolute atomic E-state index is 12.4. The number of pyridine rings is 1. The Morgan fingerprint density at radius 1 is 1.33 bits per heavy atom. The van der Waals surface area contributed by atoms with Crippen LogP contribution in [0.1, 0.15) is 21.6 Å². The number of rotatable bonds is 4. The normalized spacial score (nSPS) is 15.0. The summed E-state index contributed by atoms with van der Waals surface area (Å²) in [5.74, 6) is -0.124. The van der Waals surface area contributed by atoms with Crippen LogP contribution in [0, 0.1) is 6.92 Å². The van der Waals surface area contributed by atoms with E-state index in [9.17, 15) is 9.59 Å². The van der Waals surface area contributed by atoms with Gasteiger partial charge in [0.05, 0.1) is 18.4 Å². The van der Waals surface area contributed by atoms with Gasteiger partial charge in [0.15, 0.2) is 0 Å². The minimum absolute atomic E-state index is 0.0435. The third kappa shape index (κ3) is 4.17. The van der Waals surface area contributed by atoms with Gasteiger partial charge < -0.3 is 10.6 Å². The summed E-state index contributed by atoms with van der Waals surface area (Å²) in [4.78, 5) is 30.1. The molecule has 0 bridgehead atoms. The van der Waals surface area contributed by atoms with Crippen LogP contribution in [0.2, 0.25) is 0 Å². The molecule has 0 saturated carbocycles. The number of hydrogen-bond acceptors (Lipinski definition) is 4. The molecule has 1 aromatic heterocycles. The minimum atomic E-state index is -0.168. The lowest BCUT2D eigenvalue weighted by molar-refractivity contribution is -0.124. The topological polar surface area (TPSA) is 74.3 Å². The van der Waals surface area contributed by atoms with E-state index in [-0.39, 0.29) is 11.8 Å². The first-order chi connectivity index (χ1) is 11.6. The molecule has 1 saturated heterocycles. The molecule has 0 atom stereocenters. The van der Waals surface area contributed by atoms with Crippen LogP contribution in [0.5, 0.6) is 0 Å². The van der Waals surface area contributed by atoms with Crippen LogP contribution >= 0.6 is 0 Å². The Morgan fingerprint density at radius 3 is 2.96 bits per heavy atom. The highest BCUT2D eigenvalue weighted by Gasteiger charge is 2.16. The Bertz CT molecular complexity index is 743. The molecule has 0 aliphatic carbocycles. The van der Waals surface area contributed by atoms with E-state index < -0.39 is 0 Å². The summed E-state index contributed by atoms with van der Waals surface area (Å²) in [6.07, 6.45) is 1.64. The van der Waals surface area contributed by atoms with E-state index in [1.165, 1.54) is 0 Å². The smallest absolute Gasteiger partial charge is 0.255 e. The van der Waals surface area contributed by atoms with Crippen molar-refractivity contribution in [2.45, 2.75) is 13.5 Å². The summed E-state index contributed by atoms with van der Waals surface area (Å²) >= 11 is 0. The maximum Gasteiger partial charge on any atom is 0.255 e. The Morgan fingerprint density at radius 2 is 2.21 bits per heavy atom. The lowest BCUT2D eigenvalue weighted by atomic mass is 10.1. The van der Waals surface area contributed by atoms with Crippen molar-refractivity contribution in [2.75, 3.05) is 25.0 Å². The standard InChI is InChI=1S/C18H20N4O2/c1-13-5-6-16(10-20-13)21-18(24)15-4-2-3-14(9-15)11-22-8-7-19-17(23)12-22/h2-6,9-10H,7-8,11-12H2,1H3,(H,19,23)(H,21,24). The van der Waals surface area contributed by atoms with Crippen molar-refractivity contribution in [1.82, 2.24) is 15.2 Å². The number of benzene rings is 1. The molecule has 1 aromatic carbocycles. The van der Waals surface area contributed by atoms with Gasteiger partial charge in [-0.1, -0.05) is 12.1 Å². The number of piperazine rings is 1. The zero-order valence-electron chi connectivity index (χ0n) is 13.6. The molecular weight excluding hydrogens is 304 g/mol. The second-order valence-corrected chi connectivity index (χ2v) is 5.90. The molecule has 1 fully saturated rings. The molecule has 124 valence electrons. The van der Waals surface area contributed by atoms with Gasteiger partial charge in [0.2, 0.25) is 5.91 Å². The van der Waals surface area contributed by atoms with Gasteiger partial charge in [-0.05, 0) is 36.8 Å². The number of nitrogens with one attached hydrogen (secondary N) is 2. The van der Waals surface area contributed by atoms with E-state index in [2.05, 4.69) is 20.5 Å². The number of hydrogen-bond donors (Lipinski definition) is 2. The van der Waals surface area contributed by atoms with Crippen LogP contribution in [0.25, 0.3) is 0 Å². The summed E-state index contributed by atoms with van der Waals surface area (Å²) in [5.41, 5.74) is 3.18. The average Bonchev–Trinajstić information content (AvgIpc) is 2.57. The molecule has 1 aliphatic heterocycles. The number of aryl methyl sites for hydroxylation is 1. The van der Waals surface area contributed by atoms with Crippen LogP contribution < -0.4 is 10.6 Å². The van der Waals surface area contributed by atoms with Crippen molar-refractivity contribution in [3.05, 3.63) is 59.4 Å². The van der Waals surface area contributed by atoms with Gasteiger partial charge in [0.1, 0.15) is 0 Å². The van der Waals surface area contributed by atoms with Gasteiger partial charge in [-0.3, -0.25) is 19.5 Å². The second kappa shape index (κ2) is 7.23. The third-order valence-electron chi connectivity index (χ3n) is 3.88. The largest absolute Gasteiger partial charge is 0.354 e. The number of anilines is 1. The van der Waals surface area contributed by atoms with E-state index in [0.29, 0.717) is 30.9 Å². The molecule has 1 aliphatic rings. The van der Waals surface area contributed by atoms with Crippen molar-refractivity contribution in [2.24, 2.45) is 0 Å². The van der Waals surface area contributed by atoms with Gasteiger partial charge in [0, 0.05) is 30.9 Å². The molecular formula is C18H20N4O2. The molecule has 0 unspecified atom stereocenters. The monoisotopic (exact) mass is 324 g/mol. The summed E-state index contributed by atoms with van der Waals surface area (Å²) in [7, 11) is 0. The highest BCUT2D eigenvalue weighted by molar-refractivity contribution is 6.04. The molecule has 0 radical (unpaired) electrons. The molecule has 3 rings (SSSR count). The molecule has 2 heterocycles. The fourth-order valence-corrected chi connectivity index (χ4v) is 2.64. The highest BCUT2D eigenvalue weighted by atomic mass is 16.2. The number of carbonyl (C=O) groups excluding carboxylic acids is 2. The molecule has 6 heteroatoms. The Labute approximate surface area is 140 Å². The fourth-order valence-electron chi connectivity index (χ4n) is 2.64. The van der Waals surface area contributed by atoms with Crippen LogP contribution in [0.15, 0.2) is 42.6 Å². The molecule has 2 N–H and O–H groups in total. The lowest BCUT2D eigenvalue weighted by Crippen LogP contribution is -2.47. The van der Waals surface area contributed by atoms with Gasteiger partial charge in [-0.15, -0.1) is 0 Å². The predicted octanol–water partition coefficient (Wildman–Crippen LogP) is 1.57. The van der Waals surface area contributed by atoms with Crippen LogP contribution in [-0.2, 0) is 11.3 Å². The summed E-state index contributed by atoms with van der Waals surface area (Å²) in [6, 6.07) is 11.2. The van der Waals surface area contributed by atoms with Gasteiger partial charge in [-0.2, -0.15) is 0 Å². The zero-order valence-corrected chi connectivity index (χ0v) is 13.6. The van der Waals surface area contributed by atoms with E-state index in [4.69, 9.17) is 0 Å². The first-order valence-electron chi connectivity index (χ1n) is 7.92. The van der Waals surface area contributed by atoms with Gasteiger partial charge in [-0.25, -0.2) is 0 Å². The molecule has 2 amide bonds. The lowest BCUT2D eigenvalue weighted by Gasteiger charge is -2.26. The van der Waals surface area contributed by atoms with Crippen molar-refractivity contribution in [3.8, 4) is 0 Å². The molecule has 24 heavy (non-hydrogen) atoms. The van der Waals surface area contributed by atoms with E-state index in [1.807, 2.05) is 37.3 Å². The number of amides is 2. The number of aromatic nitrogens is 1. The van der Waals surface area contributed by atoms with Gasteiger partial charge >= 0.3 is 0 Å². The Hall–Kier alpha value is -2.73. The van der Waals surface area contributed by atoms with Crippen LogP contribution in [0.4, 0.5) is 5.69 Å².